The molecule has 2 aromatic carbocycles. The number of carbonyl (C=O) groups is 2. The summed E-state index contributed by atoms with van der Waals surface area (Å²) >= 11 is 0. The molecular formula is C24H32N2O3. The highest BCUT2D eigenvalue weighted by molar-refractivity contribution is 5.89. The van der Waals surface area contributed by atoms with Crippen LogP contribution in [0.2, 0.25) is 0 Å². The number of rotatable bonds is 8. The molecule has 5 nitrogen and oxygen atoms in total. The highest BCUT2D eigenvalue weighted by atomic mass is 16.7. The number of amides is 1. The molecule has 1 N–H and O–H groups in total. The molecule has 0 radical (unpaired) electrons. The van der Waals surface area contributed by atoms with Crippen LogP contribution in [-0.4, -0.2) is 28.5 Å². The molecule has 0 saturated carbocycles. The molecule has 0 bridgehead atoms. The third-order valence-corrected chi connectivity index (χ3v) is 4.23. The van der Waals surface area contributed by atoms with Crippen molar-refractivity contribution in [3.63, 3.8) is 0 Å². The summed E-state index contributed by atoms with van der Waals surface area (Å²) in [7, 11) is 0. The first kappa shape index (κ1) is 22.6. The van der Waals surface area contributed by atoms with Crippen molar-refractivity contribution in [3.05, 3.63) is 71.8 Å². The minimum Gasteiger partial charge on any atom is -0.363 e. The lowest BCUT2D eigenvalue weighted by Gasteiger charge is -2.32. The number of hydrogen-bond acceptors (Lipinski definition) is 4. The fourth-order valence-corrected chi connectivity index (χ4v) is 2.96. The van der Waals surface area contributed by atoms with Crippen molar-refractivity contribution in [2.24, 2.45) is 5.92 Å². The van der Waals surface area contributed by atoms with Crippen LogP contribution in [0.3, 0.4) is 0 Å². The predicted molar refractivity (Wildman–Crippen MR) is 115 cm³/mol. The Morgan fingerprint density at radius 2 is 1.52 bits per heavy atom. The van der Waals surface area contributed by atoms with E-state index < -0.39 is 12.0 Å². The van der Waals surface area contributed by atoms with Crippen molar-refractivity contribution in [3.8, 4) is 0 Å². The minimum atomic E-state index is -0.595. The Morgan fingerprint density at radius 1 is 0.966 bits per heavy atom. The van der Waals surface area contributed by atoms with Crippen LogP contribution in [0, 0.1) is 5.92 Å². The Labute approximate surface area is 174 Å². The summed E-state index contributed by atoms with van der Waals surface area (Å²) < 4.78 is 0. The second kappa shape index (κ2) is 10.2. The summed E-state index contributed by atoms with van der Waals surface area (Å²) in [6, 6.07) is 17.9. The smallest absolute Gasteiger partial charge is 0.357 e. The van der Waals surface area contributed by atoms with E-state index in [1.807, 2.05) is 57.2 Å². The quantitative estimate of drug-likeness (QED) is 0.663. The van der Waals surface area contributed by atoms with E-state index in [4.69, 9.17) is 4.84 Å². The Morgan fingerprint density at radius 3 is 2.03 bits per heavy atom. The van der Waals surface area contributed by atoms with Crippen molar-refractivity contribution >= 4 is 11.9 Å². The van der Waals surface area contributed by atoms with Crippen LogP contribution >= 0.6 is 0 Å². The van der Waals surface area contributed by atoms with Gasteiger partial charge in [-0.3, -0.25) is 4.79 Å². The molecule has 1 atom stereocenters. The molecule has 0 heterocycles. The van der Waals surface area contributed by atoms with Crippen molar-refractivity contribution < 1.29 is 14.4 Å². The van der Waals surface area contributed by atoms with Gasteiger partial charge >= 0.3 is 5.97 Å². The van der Waals surface area contributed by atoms with E-state index in [0.717, 1.165) is 5.56 Å². The molecule has 29 heavy (non-hydrogen) atoms. The number of hydrogen-bond donors (Lipinski definition) is 1. The van der Waals surface area contributed by atoms with E-state index >= 15 is 0 Å². The van der Waals surface area contributed by atoms with E-state index in [2.05, 4.69) is 19.2 Å². The molecule has 2 rings (SSSR count). The van der Waals surface area contributed by atoms with Gasteiger partial charge in [0.15, 0.2) is 0 Å². The van der Waals surface area contributed by atoms with E-state index in [9.17, 15) is 9.59 Å². The first-order chi connectivity index (χ1) is 13.7. The molecule has 0 fully saturated rings. The third kappa shape index (κ3) is 7.70. The zero-order valence-corrected chi connectivity index (χ0v) is 18.0. The summed E-state index contributed by atoms with van der Waals surface area (Å²) in [4.78, 5) is 31.6. The molecule has 5 heteroatoms. The Balaban J connectivity index is 2.32. The number of carbonyl (C=O) groups excluding carboxylic acids is 2. The summed E-state index contributed by atoms with van der Waals surface area (Å²) in [5.41, 5.74) is 1.03. The number of benzene rings is 2. The molecule has 0 saturated heterocycles. The monoisotopic (exact) mass is 396 g/mol. The maximum absolute atomic E-state index is 13.1. The molecule has 0 aliphatic carbocycles. The van der Waals surface area contributed by atoms with Gasteiger partial charge in [0.05, 0.1) is 12.1 Å². The largest absolute Gasteiger partial charge is 0.363 e. The van der Waals surface area contributed by atoms with Crippen LogP contribution in [0.15, 0.2) is 60.7 Å². The van der Waals surface area contributed by atoms with Gasteiger partial charge in [0.2, 0.25) is 5.91 Å². The molecule has 2 aromatic rings. The lowest BCUT2D eigenvalue weighted by Crippen LogP contribution is -2.52. The normalized spacial score (nSPS) is 12.7. The SMILES string of the molecule is CC(C)CC(C(=O)NC(C)(C)C)N(Cc1ccccc1)OC(=O)c1ccccc1. The number of hydroxylamine groups is 2. The Hall–Kier alpha value is -2.66. The van der Waals surface area contributed by atoms with Gasteiger partial charge in [-0.1, -0.05) is 62.4 Å². The molecule has 0 aromatic heterocycles. The minimum absolute atomic E-state index is 0.150. The summed E-state index contributed by atoms with van der Waals surface area (Å²) in [6.45, 7) is 10.3. The predicted octanol–water partition coefficient (Wildman–Crippen LogP) is 4.59. The van der Waals surface area contributed by atoms with Crippen LogP contribution < -0.4 is 5.32 Å². The van der Waals surface area contributed by atoms with Crippen LogP contribution in [0.5, 0.6) is 0 Å². The summed E-state index contributed by atoms with van der Waals surface area (Å²) in [5.74, 6) is -0.374. The topological polar surface area (TPSA) is 58.6 Å². The van der Waals surface area contributed by atoms with Gasteiger partial charge in [0.25, 0.3) is 0 Å². The van der Waals surface area contributed by atoms with Crippen molar-refractivity contribution in [1.82, 2.24) is 10.4 Å². The van der Waals surface area contributed by atoms with Gasteiger partial charge in [0.1, 0.15) is 6.04 Å². The number of nitrogens with zero attached hydrogens (tertiary/aromatic N) is 1. The van der Waals surface area contributed by atoms with Gasteiger partial charge in [0, 0.05) is 5.54 Å². The lowest BCUT2D eigenvalue weighted by molar-refractivity contribution is -0.166. The molecular weight excluding hydrogens is 364 g/mol. The van der Waals surface area contributed by atoms with Crippen LogP contribution in [0.25, 0.3) is 0 Å². The standard InChI is InChI=1S/C24H32N2O3/c1-18(2)16-21(22(27)25-24(3,4)5)26(17-19-12-8-6-9-13-19)29-23(28)20-14-10-7-11-15-20/h6-15,18,21H,16-17H2,1-5H3,(H,25,27). The Kier molecular flexibility index (Phi) is 7.97. The first-order valence-electron chi connectivity index (χ1n) is 10.1. The van der Waals surface area contributed by atoms with Crippen molar-refractivity contribution in [2.45, 2.75) is 59.2 Å². The van der Waals surface area contributed by atoms with E-state index in [0.29, 0.717) is 18.5 Å². The fraction of sp³-hybridized carbons (Fsp3) is 0.417. The second-order valence-corrected chi connectivity index (χ2v) is 8.69. The third-order valence-electron chi connectivity index (χ3n) is 4.23. The maximum Gasteiger partial charge on any atom is 0.357 e. The summed E-state index contributed by atoms with van der Waals surface area (Å²) in [6.07, 6.45) is 0.566. The van der Waals surface area contributed by atoms with Gasteiger partial charge in [-0.25, -0.2) is 4.79 Å². The van der Waals surface area contributed by atoms with Crippen molar-refractivity contribution in [1.29, 1.82) is 0 Å². The van der Waals surface area contributed by atoms with Crippen LogP contribution in [0.1, 0.15) is 57.0 Å². The molecule has 0 spiro atoms. The molecule has 0 aliphatic heterocycles. The van der Waals surface area contributed by atoms with E-state index in [1.165, 1.54) is 5.06 Å². The zero-order chi connectivity index (χ0) is 21.4. The number of nitrogens with one attached hydrogen (secondary N) is 1. The fourth-order valence-electron chi connectivity index (χ4n) is 2.96. The van der Waals surface area contributed by atoms with Crippen molar-refractivity contribution in [2.75, 3.05) is 0 Å². The zero-order valence-electron chi connectivity index (χ0n) is 18.0. The molecule has 1 unspecified atom stereocenters. The second-order valence-electron chi connectivity index (χ2n) is 8.69. The van der Waals surface area contributed by atoms with Gasteiger partial charge in [-0.15, -0.1) is 5.06 Å². The maximum atomic E-state index is 13.1. The molecule has 0 aliphatic rings. The molecule has 156 valence electrons. The Bertz CT molecular complexity index is 783. The van der Waals surface area contributed by atoms with Gasteiger partial charge < -0.3 is 10.2 Å². The van der Waals surface area contributed by atoms with E-state index in [1.54, 1.807) is 24.3 Å². The van der Waals surface area contributed by atoms with Gasteiger partial charge in [-0.2, -0.15) is 0 Å². The lowest BCUT2D eigenvalue weighted by atomic mass is 10.0. The highest BCUT2D eigenvalue weighted by Gasteiger charge is 2.32. The molecule has 1 amide bonds. The average Bonchev–Trinajstić information content (AvgIpc) is 2.65. The van der Waals surface area contributed by atoms with Crippen LogP contribution in [-0.2, 0) is 16.2 Å². The first-order valence-corrected chi connectivity index (χ1v) is 10.1. The van der Waals surface area contributed by atoms with Gasteiger partial charge in [-0.05, 0) is 50.8 Å². The average molecular weight is 397 g/mol. The van der Waals surface area contributed by atoms with E-state index in [-0.39, 0.29) is 17.4 Å². The van der Waals surface area contributed by atoms with Crippen LogP contribution in [0.4, 0.5) is 0 Å². The summed E-state index contributed by atoms with van der Waals surface area (Å²) in [5, 5.41) is 4.55. The highest BCUT2D eigenvalue weighted by Crippen LogP contribution is 2.19.